The Morgan fingerprint density at radius 1 is 1.24 bits per heavy atom. The number of hydrogen-bond acceptors (Lipinski definition) is 2. The van der Waals surface area contributed by atoms with E-state index < -0.39 is 0 Å². The fraction of sp³-hybridized carbons (Fsp3) is 0.846. The minimum absolute atomic E-state index is 0.136. The van der Waals surface area contributed by atoms with Crippen LogP contribution >= 0.6 is 0 Å². The predicted molar refractivity (Wildman–Crippen MR) is 63.3 cm³/mol. The molecule has 2 aliphatic heterocycles. The average Bonchev–Trinajstić information content (AvgIpc) is 3.13. The number of carbonyl (C=O) groups excluding carboxylic acids is 2. The molecule has 3 unspecified atom stereocenters. The molecule has 2 amide bonds. The first-order valence-electron chi connectivity index (χ1n) is 6.82. The normalized spacial score (nSPS) is 37.1. The Balaban J connectivity index is 1.75. The lowest BCUT2D eigenvalue weighted by atomic mass is 9.98. The lowest BCUT2D eigenvalue weighted by Crippen LogP contribution is -2.61. The van der Waals surface area contributed by atoms with Crippen molar-refractivity contribution in [3.8, 4) is 0 Å². The number of piperidine rings is 1. The maximum atomic E-state index is 12.4. The highest BCUT2D eigenvalue weighted by Gasteiger charge is 2.49. The molecule has 0 aromatic carbocycles. The van der Waals surface area contributed by atoms with Crippen LogP contribution in [0.4, 0.5) is 0 Å². The van der Waals surface area contributed by atoms with E-state index in [1.807, 2.05) is 9.80 Å². The topological polar surface area (TPSA) is 40.6 Å². The van der Waals surface area contributed by atoms with Gasteiger partial charge in [-0.05, 0) is 31.6 Å². The molecule has 17 heavy (non-hydrogen) atoms. The van der Waals surface area contributed by atoms with Gasteiger partial charge in [-0.25, -0.2) is 0 Å². The summed E-state index contributed by atoms with van der Waals surface area (Å²) in [6.07, 6.45) is 5.22. The van der Waals surface area contributed by atoms with Crippen LogP contribution in [0.3, 0.4) is 0 Å². The summed E-state index contributed by atoms with van der Waals surface area (Å²) >= 11 is 0. The maximum Gasteiger partial charge on any atom is 0.246 e. The second kappa shape index (κ2) is 4.00. The van der Waals surface area contributed by atoms with Gasteiger partial charge in [0.2, 0.25) is 11.8 Å². The standard InChI is InChI=1S/C13H20N2O2/c1-2-9-7-11(9)15-8-12(16)14-6-4-3-5-10(14)13(15)17/h9-11H,2-8H2,1H3. The minimum Gasteiger partial charge on any atom is -0.329 e. The molecule has 3 fully saturated rings. The van der Waals surface area contributed by atoms with Crippen molar-refractivity contribution in [3.05, 3.63) is 0 Å². The molecule has 0 aromatic heterocycles. The molecule has 0 bridgehead atoms. The highest BCUT2D eigenvalue weighted by atomic mass is 16.2. The lowest BCUT2D eigenvalue weighted by molar-refractivity contribution is -0.158. The number of fused-ring (bicyclic) bond motifs is 1. The van der Waals surface area contributed by atoms with Gasteiger partial charge in [0.25, 0.3) is 0 Å². The number of nitrogens with zero attached hydrogens (tertiary/aromatic N) is 2. The molecule has 0 radical (unpaired) electrons. The number of amides is 2. The van der Waals surface area contributed by atoms with Gasteiger partial charge in [0.05, 0.1) is 0 Å². The van der Waals surface area contributed by atoms with E-state index in [9.17, 15) is 9.59 Å². The first kappa shape index (κ1) is 11.1. The summed E-state index contributed by atoms with van der Waals surface area (Å²) in [5.41, 5.74) is 0. The zero-order valence-electron chi connectivity index (χ0n) is 10.4. The molecule has 1 saturated carbocycles. The third-order valence-corrected chi connectivity index (χ3v) is 4.51. The summed E-state index contributed by atoms with van der Waals surface area (Å²) in [7, 11) is 0. The summed E-state index contributed by atoms with van der Waals surface area (Å²) in [5.74, 6) is 1.02. The first-order chi connectivity index (χ1) is 8.22. The van der Waals surface area contributed by atoms with Crippen LogP contribution in [0.15, 0.2) is 0 Å². The van der Waals surface area contributed by atoms with Crippen LogP contribution in [0, 0.1) is 5.92 Å². The molecule has 0 aromatic rings. The van der Waals surface area contributed by atoms with Crippen molar-refractivity contribution in [2.75, 3.05) is 13.1 Å². The number of carbonyl (C=O) groups is 2. The van der Waals surface area contributed by atoms with Gasteiger partial charge in [-0.3, -0.25) is 9.59 Å². The van der Waals surface area contributed by atoms with E-state index >= 15 is 0 Å². The highest BCUT2D eigenvalue weighted by molar-refractivity contribution is 5.95. The summed E-state index contributed by atoms with van der Waals surface area (Å²) < 4.78 is 0. The largest absolute Gasteiger partial charge is 0.329 e. The van der Waals surface area contributed by atoms with Crippen LogP contribution in [0.5, 0.6) is 0 Å². The first-order valence-corrected chi connectivity index (χ1v) is 6.82. The van der Waals surface area contributed by atoms with Crippen LogP contribution in [-0.4, -0.2) is 46.8 Å². The fourth-order valence-corrected chi connectivity index (χ4v) is 3.33. The molecule has 2 saturated heterocycles. The predicted octanol–water partition coefficient (Wildman–Crippen LogP) is 1.01. The molecule has 0 N–H and O–H groups in total. The van der Waals surface area contributed by atoms with Crippen molar-refractivity contribution >= 4 is 11.8 Å². The van der Waals surface area contributed by atoms with Gasteiger partial charge in [-0.1, -0.05) is 13.3 Å². The van der Waals surface area contributed by atoms with E-state index in [4.69, 9.17) is 0 Å². The molecule has 4 heteroatoms. The summed E-state index contributed by atoms with van der Waals surface area (Å²) in [4.78, 5) is 28.1. The Bertz CT molecular complexity index is 355. The summed E-state index contributed by atoms with van der Waals surface area (Å²) in [6.45, 7) is 3.27. The molecule has 2 heterocycles. The smallest absolute Gasteiger partial charge is 0.246 e. The molecule has 1 aliphatic carbocycles. The van der Waals surface area contributed by atoms with Crippen molar-refractivity contribution in [1.29, 1.82) is 0 Å². The van der Waals surface area contributed by atoms with E-state index in [0.717, 1.165) is 38.6 Å². The van der Waals surface area contributed by atoms with Gasteiger partial charge < -0.3 is 9.80 Å². The molecule has 3 rings (SSSR count). The average molecular weight is 236 g/mol. The van der Waals surface area contributed by atoms with E-state index in [0.29, 0.717) is 18.5 Å². The van der Waals surface area contributed by atoms with Crippen LogP contribution in [-0.2, 0) is 9.59 Å². The van der Waals surface area contributed by atoms with E-state index in [2.05, 4.69) is 6.92 Å². The third kappa shape index (κ3) is 1.74. The Kier molecular flexibility index (Phi) is 2.60. The Morgan fingerprint density at radius 2 is 2.06 bits per heavy atom. The Morgan fingerprint density at radius 3 is 2.76 bits per heavy atom. The second-order valence-corrected chi connectivity index (χ2v) is 5.54. The monoisotopic (exact) mass is 236 g/mol. The van der Waals surface area contributed by atoms with Gasteiger partial charge in [-0.15, -0.1) is 0 Å². The van der Waals surface area contributed by atoms with E-state index in [-0.39, 0.29) is 17.9 Å². The van der Waals surface area contributed by atoms with Crippen molar-refractivity contribution < 1.29 is 9.59 Å². The second-order valence-electron chi connectivity index (χ2n) is 5.54. The molecule has 0 spiro atoms. The number of hydrogen-bond donors (Lipinski definition) is 0. The molecular formula is C13H20N2O2. The summed E-state index contributed by atoms with van der Waals surface area (Å²) in [6, 6.07) is 0.226. The van der Waals surface area contributed by atoms with Crippen molar-refractivity contribution in [1.82, 2.24) is 9.80 Å². The third-order valence-electron chi connectivity index (χ3n) is 4.51. The van der Waals surface area contributed by atoms with Crippen molar-refractivity contribution in [2.45, 2.75) is 51.1 Å². The van der Waals surface area contributed by atoms with Crippen LogP contribution in [0.2, 0.25) is 0 Å². The van der Waals surface area contributed by atoms with Crippen LogP contribution in [0.25, 0.3) is 0 Å². The molecule has 3 atom stereocenters. The van der Waals surface area contributed by atoms with Crippen LogP contribution < -0.4 is 0 Å². The highest BCUT2D eigenvalue weighted by Crippen LogP contribution is 2.40. The molecule has 3 aliphatic rings. The Labute approximate surface area is 102 Å². The van der Waals surface area contributed by atoms with E-state index in [1.54, 1.807) is 0 Å². The zero-order chi connectivity index (χ0) is 12.0. The van der Waals surface area contributed by atoms with Gasteiger partial charge in [0, 0.05) is 12.6 Å². The summed E-state index contributed by atoms with van der Waals surface area (Å²) in [5, 5.41) is 0. The van der Waals surface area contributed by atoms with Crippen molar-refractivity contribution in [2.24, 2.45) is 5.92 Å². The molecular weight excluding hydrogens is 216 g/mol. The number of rotatable bonds is 2. The van der Waals surface area contributed by atoms with Gasteiger partial charge in [0.15, 0.2) is 0 Å². The zero-order valence-corrected chi connectivity index (χ0v) is 10.4. The van der Waals surface area contributed by atoms with Crippen LogP contribution in [0.1, 0.15) is 39.0 Å². The minimum atomic E-state index is -0.136. The molecule has 94 valence electrons. The Hall–Kier alpha value is -1.06. The van der Waals surface area contributed by atoms with Gasteiger partial charge in [0.1, 0.15) is 12.6 Å². The fourth-order valence-electron chi connectivity index (χ4n) is 3.33. The number of piperazine rings is 1. The quantitative estimate of drug-likeness (QED) is 0.718. The SMILES string of the molecule is CCC1CC1N1CC(=O)N2CCCCC2C1=O. The van der Waals surface area contributed by atoms with Crippen molar-refractivity contribution in [3.63, 3.8) is 0 Å². The lowest BCUT2D eigenvalue weighted by Gasteiger charge is -2.43. The van der Waals surface area contributed by atoms with Gasteiger partial charge in [-0.2, -0.15) is 0 Å². The van der Waals surface area contributed by atoms with Gasteiger partial charge >= 0.3 is 0 Å². The molecule has 4 nitrogen and oxygen atoms in total. The maximum absolute atomic E-state index is 12.4. The van der Waals surface area contributed by atoms with E-state index in [1.165, 1.54) is 0 Å².